The summed E-state index contributed by atoms with van der Waals surface area (Å²) in [4.78, 5) is 23.7. The predicted octanol–water partition coefficient (Wildman–Crippen LogP) is 3.27. The number of aryl methyl sites for hydroxylation is 1. The number of carbonyl (C=O) groups is 2. The zero-order valence-corrected chi connectivity index (χ0v) is 15.0. The van der Waals surface area contributed by atoms with Crippen LogP contribution in [0.3, 0.4) is 0 Å². The van der Waals surface area contributed by atoms with Crippen molar-refractivity contribution < 1.29 is 35.5 Å². The second-order valence-corrected chi connectivity index (χ2v) is 7.58. The lowest BCUT2D eigenvalue weighted by atomic mass is 10.1. The number of benzene rings is 1. The quantitative estimate of drug-likeness (QED) is 0.219. The van der Waals surface area contributed by atoms with Crippen molar-refractivity contribution in [2.45, 2.75) is 37.1 Å². The van der Waals surface area contributed by atoms with Crippen molar-refractivity contribution in [1.82, 2.24) is 5.06 Å². The lowest BCUT2D eigenvalue weighted by Crippen LogP contribution is -2.37. The maximum Gasteiger partial charge on any atom is 0.525 e. The largest absolute Gasteiger partial charge is 0.525 e. The molecule has 1 rings (SSSR count). The first-order valence-corrected chi connectivity index (χ1v) is 9.46. The highest BCUT2D eigenvalue weighted by Gasteiger charge is 2.49. The molecule has 0 spiro atoms. The van der Waals surface area contributed by atoms with Crippen molar-refractivity contribution in [3.8, 4) is 0 Å². The Morgan fingerprint density at radius 3 is 2.52 bits per heavy atom. The number of hydrogen-bond acceptors (Lipinski definition) is 6. The van der Waals surface area contributed by atoms with Gasteiger partial charge in [0.1, 0.15) is 0 Å². The topological polar surface area (TPSA) is 80.8 Å². The molecule has 0 aliphatic carbocycles. The summed E-state index contributed by atoms with van der Waals surface area (Å²) in [5, 5.41) is -0.481. The summed E-state index contributed by atoms with van der Waals surface area (Å²) in [6, 6.07) is 4.63. The van der Waals surface area contributed by atoms with E-state index in [-0.39, 0.29) is 5.56 Å². The molecule has 0 N–H and O–H groups in total. The molecule has 0 heterocycles. The Bertz CT molecular complexity index is 734. The number of carbonyl (C=O) groups excluding carboxylic acids is 2. The summed E-state index contributed by atoms with van der Waals surface area (Å²) in [5.74, 6) is -0.540. The SMILES string of the molecule is CCCCSc1ccc(C)c(C(=O)N(C=O)OS(=O)(=O)C(F)(F)F)c1. The first kappa shape index (κ1) is 21.5. The van der Waals surface area contributed by atoms with Gasteiger partial charge >= 0.3 is 15.6 Å². The minimum absolute atomic E-state index is 0.133. The van der Waals surface area contributed by atoms with Gasteiger partial charge in [0, 0.05) is 10.5 Å². The minimum Gasteiger partial charge on any atom is -0.276 e. The average Bonchev–Trinajstić information content (AvgIpc) is 2.52. The van der Waals surface area contributed by atoms with Gasteiger partial charge in [-0.3, -0.25) is 9.59 Å². The fourth-order valence-electron chi connectivity index (χ4n) is 1.62. The van der Waals surface area contributed by atoms with E-state index in [9.17, 15) is 31.2 Å². The molecule has 0 aromatic heterocycles. The molecule has 6 nitrogen and oxygen atoms in total. The van der Waals surface area contributed by atoms with Gasteiger partial charge in [-0.1, -0.05) is 19.4 Å². The number of amides is 2. The van der Waals surface area contributed by atoms with Crippen molar-refractivity contribution >= 4 is 34.2 Å². The van der Waals surface area contributed by atoms with Crippen LogP contribution in [0, 0.1) is 6.92 Å². The Hall–Kier alpha value is -1.59. The van der Waals surface area contributed by atoms with Crippen LogP contribution in [0.1, 0.15) is 35.7 Å². The van der Waals surface area contributed by atoms with Gasteiger partial charge in [0.15, 0.2) is 0 Å². The van der Waals surface area contributed by atoms with Crippen LogP contribution in [0.15, 0.2) is 23.1 Å². The molecular formula is C14H16F3NO5S2. The molecule has 11 heteroatoms. The molecule has 0 saturated carbocycles. The second-order valence-electron chi connectivity index (χ2n) is 4.89. The molecule has 0 radical (unpaired) electrons. The van der Waals surface area contributed by atoms with Crippen LogP contribution in [0.4, 0.5) is 13.2 Å². The van der Waals surface area contributed by atoms with Gasteiger partial charge in [0.25, 0.3) is 5.91 Å². The summed E-state index contributed by atoms with van der Waals surface area (Å²) < 4.78 is 62.6. The number of hydroxylamine groups is 2. The molecule has 1 aromatic carbocycles. The third-order valence-electron chi connectivity index (χ3n) is 2.96. The van der Waals surface area contributed by atoms with Gasteiger partial charge in [-0.25, -0.2) is 0 Å². The van der Waals surface area contributed by atoms with Crippen molar-refractivity contribution in [2.75, 3.05) is 5.75 Å². The molecule has 0 atom stereocenters. The van der Waals surface area contributed by atoms with Gasteiger partial charge in [0.2, 0.25) is 6.41 Å². The molecule has 2 amide bonds. The number of thioether (sulfide) groups is 1. The Balaban J connectivity index is 3.07. The van der Waals surface area contributed by atoms with E-state index >= 15 is 0 Å². The van der Waals surface area contributed by atoms with Crippen LogP contribution in [0.2, 0.25) is 0 Å². The first-order chi connectivity index (χ1) is 11.5. The summed E-state index contributed by atoms with van der Waals surface area (Å²) >= 11 is 1.42. The molecule has 0 aliphatic rings. The summed E-state index contributed by atoms with van der Waals surface area (Å²) in [5.41, 5.74) is -5.54. The number of halogens is 3. The summed E-state index contributed by atoms with van der Waals surface area (Å²) in [7, 11) is -6.13. The molecule has 0 unspecified atom stereocenters. The van der Waals surface area contributed by atoms with E-state index in [1.165, 1.54) is 24.8 Å². The monoisotopic (exact) mass is 399 g/mol. The van der Waals surface area contributed by atoms with Gasteiger partial charge < -0.3 is 0 Å². The number of nitrogens with zero attached hydrogens (tertiary/aromatic N) is 1. The third-order valence-corrected chi connectivity index (χ3v) is 4.97. The van der Waals surface area contributed by atoms with E-state index in [1.807, 2.05) is 6.92 Å². The van der Waals surface area contributed by atoms with Crippen LogP contribution >= 0.6 is 11.8 Å². The van der Waals surface area contributed by atoms with Crippen molar-refractivity contribution in [3.05, 3.63) is 29.3 Å². The van der Waals surface area contributed by atoms with Crippen molar-refractivity contribution in [2.24, 2.45) is 0 Å². The predicted molar refractivity (Wildman–Crippen MR) is 85.1 cm³/mol. The Kier molecular flexibility index (Phi) is 7.44. The lowest BCUT2D eigenvalue weighted by Gasteiger charge is -2.17. The molecule has 0 bridgehead atoms. The number of unbranched alkanes of at least 4 members (excludes halogenated alkanes) is 1. The highest BCUT2D eigenvalue weighted by molar-refractivity contribution is 7.99. The third kappa shape index (κ3) is 5.72. The highest BCUT2D eigenvalue weighted by atomic mass is 32.2. The first-order valence-electron chi connectivity index (χ1n) is 7.06. The van der Waals surface area contributed by atoms with Gasteiger partial charge in [-0.2, -0.15) is 21.6 Å². The molecule has 0 fully saturated rings. The Morgan fingerprint density at radius 2 is 2.00 bits per heavy atom. The van der Waals surface area contributed by atoms with E-state index in [2.05, 4.69) is 4.28 Å². The molecular weight excluding hydrogens is 383 g/mol. The van der Waals surface area contributed by atoms with E-state index in [0.717, 1.165) is 18.6 Å². The van der Waals surface area contributed by atoms with Crippen LogP contribution < -0.4 is 0 Å². The van der Waals surface area contributed by atoms with Crippen molar-refractivity contribution in [1.29, 1.82) is 0 Å². The van der Waals surface area contributed by atoms with Crippen molar-refractivity contribution in [3.63, 3.8) is 0 Å². The zero-order valence-electron chi connectivity index (χ0n) is 13.4. The maximum absolute atomic E-state index is 12.3. The molecule has 1 aromatic rings. The molecule has 0 saturated heterocycles. The average molecular weight is 399 g/mol. The fraction of sp³-hybridized carbons (Fsp3) is 0.429. The highest BCUT2D eigenvalue weighted by Crippen LogP contribution is 2.27. The van der Waals surface area contributed by atoms with E-state index in [0.29, 0.717) is 10.5 Å². The summed E-state index contributed by atoms with van der Waals surface area (Å²) in [6.07, 6.45) is 1.46. The van der Waals surface area contributed by atoms with E-state index in [1.54, 1.807) is 12.1 Å². The molecule has 0 aliphatic heterocycles. The van der Waals surface area contributed by atoms with Crippen LogP contribution in [0.5, 0.6) is 0 Å². The minimum atomic E-state index is -6.13. The normalized spacial score (nSPS) is 12.0. The summed E-state index contributed by atoms with van der Waals surface area (Å²) in [6.45, 7) is 3.50. The molecule has 25 heavy (non-hydrogen) atoms. The number of hydrogen-bond donors (Lipinski definition) is 0. The van der Waals surface area contributed by atoms with Crippen LogP contribution in [-0.4, -0.2) is 37.1 Å². The number of alkyl halides is 3. The van der Waals surface area contributed by atoms with E-state index < -0.39 is 33.0 Å². The Morgan fingerprint density at radius 1 is 1.36 bits per heavy atom. The lowest BCUT2D eigenvalue weighted by molar-refractivity contribution is -0.136. The zero-order chi connectivity index (χ0) is 19.3. The second kappa shape index (κ2) is 8.68. The van der Waals surface area contributed by atoms with E-state index in [4.69, 9.17) is 0 Å². The van der Waals surface area contributed by atoms with Gasteiger partial charge in [-0.05, 0) is 36.8 Å². The fourth-order valence-corrected chi connectivity index (χ4v) is 3.05. The van der Waals surface area contributed by atoms with Gasteiger partial charge in [-0.15, -0.1) is 21.1 Å². The van der Waals surface area contributed by atoms with Gasteiger partial charge in [0.05, 0.1) is 0 Å². The number of imide groups is 1. The Labute approximate surface area is 147 Å². The van der Waals surface area contributed by atoms with Crippen LogP contribution in [-0.2, 0) is 19.2 Å². The standard InChI is InChI=1S/C14H16F3NO5S2/c1-3-4-7-24-11-6-5-10(2)12(8-11)13(20)18(9-19)23-25(21,22)14(15,16)17/h5-6,8-9H,3-4,7H2,1-2H3. The number of rotatable bonds is 8. The maximum atomic E-state index is 12.3. The van der Waals surface area contributed by atoms with Crippen LogP contribution in [0.25, 0.3) is 0 Å². The smallest absolute Gasteiger partial charge is 0.276 e. The molecule has 140 valence electrons.